The molecule has 0 bridgehead atoms. The molecular weight excluding hydrogens is 589 g/mol. The lowest BCUT2D eigenvalue weighted by molar-refractivity contribution is -0.0969. The van der Waals surface area contributed by atoms with Crippen molar-refractivity contribution < 1.29 is 18.7 Å². The van der Waals surface area contributed by atoms with Gasteiger partial charge in [0.05, 0.1) is 24.9 Å². The first-order chi connectivity index (χ1) is 21.0. The Bertz CT molecular complexity index is 1230. The van der Waals surface area contributed by atoms with Gasteiger partial charge in [0.1, 0.15) is 0 Å². The Hall–Kier alpha value is -2.07. The summed E-state index contributed by atoms with van der Waals surface area (Å²) in [5.41, 5.74) is 0.114. The van der Waals surface area contributed by atoms with Crippen LogP contribution in [0.15, 0.2) is 91.0 Å². The van der Waals surface area contributed by atoms with Crippen LogP contribution in [0.25, 0.3) is 0 Å². The number of aliphatic hydroxyl groups is 1. The standard InChI is InChI=1S/C39H60O4Si2/c1-32(29-42-45(38(5,6)7,34-24-16-12-17-25-34)35-26-18-13-19-27-35)21-20-28-39(8,40)36(43-44(9,10)37(2,3)4)31-41-30-33-22-14-11-15-23-33/h11-19,22-27,32,36,40H,20-21,28-31H2,1-10H3/t32?,36-,39+/m1/s1. The predicted molar refractivity (Wildman–Crippen MR) is 195 cm³/mol. The number of benzene rings is 3. The molecule has 0 aliphatic heterocycles. The normalized spacial score (nSPS) is 15.8. The van der Waals surface area contributed by atoms with E-state index in [1.807, 2.05) is 25.1 Å². The van der Waals surface area contributed by atoms with Gasteiger partial charge in [-0.15, -0.1) is 0 Å². The summed E-state index contributed by atoms with van der Waals surface area (Å²) in [4.78, 5) is 0. The molecule has 4 nitrogen and oxygen atoms in total. The third-order valence-corrected chi connectivity index (χ3v) is 19.2. The highest BCUT2D eigenvalue weighted by molar-refractivity contribution is 6.99. The summed E-state index contributed by atoms with van der Waals surface area (Å²) in [5, 5.41) is 14.5. The van der Waals surface area contributed by atoms with Gasteiger partial charge < -0.3 is 18.7 Å². The molecule has 0 amide bonds. The van der Waals surface area contributed by atoms with Crippen LogP contribution in [-0.4, -0.2) is 46.7 Å². The molecule has 0 heterocycles. The van der Waals surface area contributed by atoms with E-state index in [0.29, 0.717) is 32.2 Å². The molecule has 0 saturated carbocycles. The highest BCUT2D eigenvalue weighted by atomic mass is 28.4. The molecular formula is C39H60O4Si2. The molecule has 0 radical (unpaired) electrons. The van der Waals surface area contributed by atoms with Crippen molar-refractivity contribution >= 4 is 27.0 Å². The van der Waals surface area contributed by atoms with E-state index < -0.39 is 28.3 Å². The average molecular weight is 649 g/mol. The van der Waals surface area contributed by atoms with Crippen molar-refractivity contribution in [3.63, 3.8) is 0 Å². The van der Waals surface area contributed by atoms with E-state index in [4.69, 9.17) is 13.6 Å². The van der Waals surface area contributed by atoms with Gasteiger partial charge >= 0.3 is 0 Å². The van der Waals surface area contributed by atoms with Crippen molar-refractivity contribution in [1.82, 2.24) is 0 Å². The Morgan fingerprint density at radius 1 is 0.689 bits per heavy atom. The van der Waals surface area contributed by atoms with Gasteiger partial charge in [-0.3, -0.25) is 0 Å². The zero-order chi connectivity index (χ0) is 33.4. The number of hydrogen-bond donors (Lipinski definition) is 1. The molecule has 0 fully saturated rings. The Labute approximate surface area is 276 Å². The number of rotatable bonds is 16. The first-order valence-electron chi connectivity index (χ1n) is 16.8. The fourth-order valence-electron chi connectivity index (χ4n) is 5.81. The van der Waals surface area contributed by atoms with E-state index in [0.717, 1.165) is 18.4 Å². The largest absolute Gasteiger partial charge is 0.409 e. The summed E-state index contributed by atoms with van der Waals surface area (Å²) in [6, 6.07) is 31.9. The summed E-state index contributed by atoms with van der Waals surface area (Å²) in [6.45, 7) is 23.9. The summed E-state index contributed by atoms with van der Waals surface area (Å²) < 4.78 is 20.2. The van der Waals surface area contributed by atoms with E-state index in [-0.39, 0.29) is 10.1 Å². The minimum Gasteiger partial charge on any atom is -0.409 e. The third kappa shape index (κ3) is 9.96. The molecule has 0 aliphatic rings. The summed E-state index contributed by atoms with van der Waals surface area (Å²) in [5.74, 6) is 0.344. The van der Waals surface area contributed by atoms with Crippen LogP contribution in [0.2, 0.25) is 23.2 Å². The zero-order valence-electron chi connectivity index (χ0n) is 29.7. The molecule has 3 aromatic carbocycles. The monoisotopic (exact) mass is 648 g/mol. The van der Waals surface area contributed by atoms with Gasteiger partial charge in [0.2, 0.25) is 0 Å². The third-order valence-electron chi connectivity index (χ3n) is 9.70. The van der Waals surface area contributed by atoms with Crippen LogP contribution in [0, 0.1) is 5.92 Å². The SMILES string of the molecule is CC(CCC[C@](C)(O)[C@@H](COCc1ccccc1)O[Si](C)(C)C(C)(C)C)CO[Si](c1ccccc1)(c1ccccc1)C(C)(C)C. The van der Waals surface area contributed by atoms with Crippen molar-refractivity contribution in [1.29, 1.82) is 0 Å². The zero-order valence-corrected chi connectivity index (χ0v) is 31.7. The van der Waals surface area contributed by atoms with Crippen molar-refractivity contribution in [3.8, 4) is 0 Å². The second-order valence-electron chi connectivity index (χ2n) is 15.7. The minimum absolute atomic E-state index is 0.0353. The summed E-state index contributed by atoms with van der Waals surface area (Å²) in [7, 11) is -4.71. The van der Waals surface area contributed by atoms with Gasteiger partial charge in [-0.2, -0.15) is 0 Å². The number of ether oxygens (including phenoxy) is 1. The Kier molecular flexibility index (Phi) is 13.0. The molecule has 1 N–H and O–H groups in total. The topological polar surface area (TPSA) is 47.9 Å². The van der Waals surface area contributed by atoms with Crippen LogP contribution in [0.3, 0.4) is 0 Å². The quantitative estimate of drug-likeness (QED) is 0.158. The van der Waals surface area contributed by atoms with E-state index >= 15 is 0 Å². The number of hydrogen-bond acceptors (Lipinski definition) is 4. The molecule has 0 aliphatic carbocycles. The first kappa shape index (κ1) is 37.4. The molecule has 45 heavy (non-hydrogen) atoms. The molecule has 3 rings (SSSR count). The lowest BCUT2D eigenvalue weighted by atomic mass is 9.91. The Morgan fingerprint density at radius 2 is 1.18 bits per heavy atom. The smallest absolute Gasteiger partial charge is 0.261 e. The predicted octanol–water partition coefficient (Wildman–Crippen LogP) is 8.73. The molecule has 0 aromatic heterocycles. The van der Waals surface area contributed by atoms with Crippen molar-refractivity contribution in [2.75, 3.05) is 13.2 Å². The summed E-state index contributed by atoms with van der Waals surface area (Å²) in [6.07, 6.45) is 2.09. The van der Waals surface area contributed by atoms with Gasteiger partial charge in [0.15, 0.2) is 8.32 Å². The Morgan fingerprint density at radius 3 is 1.64 bits per heavy atom. The maximum absolute atomic E-state index is 11.9. The summed E-state index contributed by atoms with van der Waals surface area (Å²) >= 11 is 0. The van der Waals surface area contributed by atoms with Crippen LogP contribution < -0.4 is 10.4 Å². The van der Waals surface area contributed by atoms with E-state index in [1.54, 1.807) is 0 Å². The van der Waals surface area contributed by atoms with E-state index in [1.165, 1.54) is 10.4 Å². The van der Waals surface area contributed by atoms with E-state index in [2.05, 4.69) is 134 Å². The Balaban J connectivity index is 1.70. The lowest BCUT2D eigenvalue weighted by Crippen LogP contribution is -2.66. The molecule has 0 saturated heterocycles. The van der Waals surface area contributed by atoms with Crippen molar-refractivity contribution in [2.45, 2.75) is 116 Å². The maximum atomic E-state index is 11.9. The fourth-order valence-corrected chi connectivity index (χ4v) is 11.9. The van der Waals surface area contributed by atoms with Gasteiger partial charge in [0, 0.05) is 6.61 Å². The molecule has 3 atom stereocenters. The van der Waals surface area contributed by atoms with Crippen molar-refractivity contribution in [2.24, 2.45) is 5.92 Å². The minimum atomic E-state index is -2.57. The van der Waals surface area contributed by atoms with Gasteiger partial charge in [-0.1, -0.05) is 146 Å². The highest BCUT2D eigenvalue weighted by Crippen LogP contribution is 2.40. The molecule has 6 heteroatoms. The van der Waals surface area contributed by atoms with Crippen molar-refractivity contribution in [3.05, 3.63) is 96.6 Å². The molecule has 3 aromatic rings. The lowest BCUT2D eigenvalue weighted by Gasteiger charge is -2.44. The molecule has 248 valence electrons. The maximum Gasteiger partial charge on any atom is 0.261 e. The molecule has 0 spiro atoms. The van der Waals surface area contributed by atoms with Crippen LogP contribution in [-0.2, 0) is 20.2 Å². The van der Waals surface area contributed by atoms with Gasteiger partial charge in [0.25, 0.3) is 8.32 Å². The molecule has 1 unspecified atom stereocenters. The highest BCUT2D eigenvalue weighted by Gasteiger charge is 2.50. The van der Waals surface area contributed by atoms with Crippen LogP contribution >= 0.6 is 0 Å². The van der Waals surface area contributed by atoms with E-state index in [9.17, 15) is 5.11 Å². The van der Waals surface area contributed by atoms with Crippen LogP contribution in [0.5, 0.6) is 0 Å². The second kappa shape index (κ2) is 15.7. The first-order valence-corrected chi connectivity index (χ1v) is 21.6. The van der Waals surface area contributed by atoms with Gasteiger partial charge in [-0.25, -0.2) is 0 Å². The van der Waals surface area contributed by atoms with Gasteiger partial charge in [-0.05, 0) is 64.8 Å². The fraction of sp³-hybridized carbons (Fsp3) is 0.538. The second-order valence-corrected chi connectivity index (χ2v) is 24.8. The average Bonchev–Trinajstić information content (AvgIpc) is 2.97. The van der Waals surface area contributed by atoms with Crippen LogP contribution in [0.1, 0.15) is 80.2 Å². The van der Waals surface area contributed by atoms with Crippen LogP contribution in [0.4, 0.5) is 0 Å².